The lowest BCUT2D eigenvalue weighted by atomic mass is 9.91. The first-order chi connectivity index (χ1) is 15.0. The van der Waals surface area contributed by atoms with E-state index in [-0.39, 0.29) is 29.2 Å². The third-order valence-electron chi connectivity index (χ3n) is 4.77. The molecule has 2 atom stereocenters. The molecule has 172 valence electrons. The molecule has 32 heavy (non-hydrogen) atoms. The van der Waals surface area contributed by atoms with Gasteiger partial charge >= 0.3 is 23.9 Å². The zero-order valence-corrected chi connectivity index (χ0v) is 18.9. The van der Waals surface area contributed by atoms with Crippen LogP contribution in [0, 0.1) is 5.92 Å². The van der Waals surface area contributed by atoms with E-state index in [2.05, 4.69) is 0 Å². The largest absolute Gasteiger partial charge is 0.454 e. The summed E-state index contributed by atoms with van der Waals surface area (Å²) in [6.45, 7) is 8.17. The Morgan fingerprint density at radius 3 is 1.81 bits per heavy atom. The van der Waals surface area contributed by atoms with Crippen LogP contribution in [-0.4, -0.2) is 35.8 Å². The lowest BCUT2D eigenvalue weighted by molar-refractivity contribution is -0.146. The van der Waals surface area contributed by atoms with Gasteiger partial charge in [-0.25, -0.2) is 0 Å². The quantitative estimate of drug-likeness (QED) is 0.479. The summed E-state index contributed by atoms with van der Waals surface area (Å²) in [7, 11) is 0. The van der Waals surface area contributed by atoms with Gasteiger partial charge in [-0.15, -0.1) is 0 Å². The number of fused-ring (bicyclic) bond motifs is 1. The second-order valence-corrected chi connectivity index (χ2v) is 7.21. The van der Waals surface area contributed by atoms with E-state index in [1.54, 1.807) is 19.1 Å². The van der Waals surface area contributed by atoms with E-state index in [9.17, 15) is 24.0 Å². The highest BCUT2D eigenvalue weighted by atomic mass is 16.6. The lowest BCUT2D eigenvalue weighted by Crippen LogP contribution is -2.33. The van der Waals surface area contributed by atoms with E-state index in [0.717, 1.165) is 13.8 Å². The second kappa shape index (κ2) is 10.2. The Morgan fingerprint density at radius 2 is 1.34 bits per heavy atom. The molecule has 0 aromatic heterocycles. The van der Waals surface area contributed by atoms with E-state index in [0.29, 0.717) is 17.5 Å². The SMILES string of the molecule is CCc1c2c(c(OC(C)=O)c(OC(C)=O)c1OC(C)=O)C(=O)C(OC(C)=O)C(CC)C=C2. The van der Waals surface area contributed by atoms with Gasteiger partial charge in [0.25, 0.3) is 0 Å². The molecule has 0 spiro atoms. The smallest absolute Gasteiger partial charge is 0.308 e. The standard InChI is InChI=1S/C23H26O9/c1-7-15-9-10-17-16(8-2)21(30-12(4)25)23(32-14(6)27)22(31-13(5)26)18(17)19(28)20(15)29-11(3)24/h9-10,15,20H,7-8H2,1-6H3. The fourth-order valence-electron chi connectivity index (χ4n) is 3.59. The van der Waals surface area contributed by atoms with Crippen molar-refractivity contribution >= 4 is 35.7 Å². The van der Waals surface area contributed by atoms with Crippen LogP contribution in [0.2, 0.25) is 0 Å². The van der Waals surface area contributed by atoms with Crippen molar-refractivity contribution in [1.82, 2.24) is 0 Å². The molecule has 1 aliphatic carbocycles. The molecule has 2 unspecified atom stereocenters. The molecule has 0 amide bonds. The molecule has 0 fully saturated rings. The monoisotopic (exact) mass is 446 g/mol. The summed E-state index contributed by atoms with van der Waals surface area (Å²) in [6.07, 6.45) is 2.94. The van der Waals surface area contributed by atoms with Crippen molar-refractivity contribution in [2.24, 2.45) is 5.92 Å². The predicted octanol–water partition coefficient (Wildman–Crippen LogP) is 3.19. The number of carbonyl (C=O) groups excluding carboxylic acids is 5. The lowest BCUT2D eigenvalue weighted by Gasteiger charge is -2.24. The van der Waals surface area contributed by atoms with Crippen molar-refractivity contribution < 1.29 is 42.9 Å². The van der Waals surface area contributed by atoms with Crippen molar-refractivity contribution in [3.8, 4) is 17.2 Å². The van der Waals surface area contributed by atoms with Gasteiger partial charge in [-0.1, -0.05) is 26.0 Å². The highest BCUT2D eigenvalue weighted by Crippen LogP contribution is 2.48. The molecule has 1 aromatic carbocycles. The summed E-state index contributed by atoms with van der Waals surface area (Å²) < 4.78 is 21.2. The Balaban J connectivity index is 3.00. The number of ketones is 1. The van der Waals surface area contributed by atoms with Gasteiger partial charge < -0.3 is 18.9 Å². The van der Waals surface area contributed by atoms with Crippen LogP contribution in [0.25, 0.3) is 6.08 Å². The van der Waals surface area contributed by atoms with Crippen molar-refractivity contribution in [3.05, 3.63) is 22.8 Å². The highest BCUT2D eigenvalue weighted by molar-refractivity contribution is 6.09. The second-order valence-electron chi connectivity index (χ2n) is 7.21. The van der Waals surface area contributed by atoms with Gasteiger partial charge in [0.1, 0.15) is 0 Å². The maximum absolute atomic E-state index is 13.6. The minimum Gasteiger partial charge on any atom is -0.454 e. The molecule has 0 saturated carbocycles. The Labute approximate surface area is 185 Å². The van der Waals surface area contributed by atoms with Crippen LogP contribution in [0.5, 0.6) is 17.2 Å². The number of Topliss-reactive ketones (excluding diaryl/α,β-unsaturated/α-hetero) is 1. The zero-order chi connectivity index (χ0) is 24.2. The summed E-state index contributed by atoms with van der Waals surface area (Å²) in [5.41, 5.74) is 0.627. The molecule has 0 saturated heterocycles. The molecule has 9 heteroatoms. The molecular formula is C23H26O9. The minimum absolute atomic E-state index is 0.0948. The third-order valence-corrected chi connectivity index (χ3v) is 4.77. The summed E-state index contributed by atoms with van der Waals surface area (Å²) in [5.74, 6) is -4.87. The Hall–Kier alpha value is -3.49. The maximum Gasteiger partial charge on any atom is 0.308 e. The topological polar surface area (TPSA) is 122 Å². The normalized spacial score (nSPS) is 17.1. The summed E-state index contributed by atoms with van der Waals surface area (Å²) in [4.78, 5) is 60.9. The summed E-state index contributed by atoms with van der Waals surface area (Å²) in [6, 6.07) is 0. The molecule has 0 aliphatic heterocycles. The van der Waals surface area contributed by atoms with Crippen LogP contribution in [0.3, 0.4) is 0 Å². The van der Waals surface area contributed by atoms with Gasteiger partial charge in [0.2, 0.25) is 11.5 Å². The zero-order valence-electron chi connectivity index (χ0n) is 18.9. The molecule has 1 aromatic rings. The Morgan fingerprint density at radius 1 is 0.812 bits per heavy atom. The highest BCUT2D eigenvalue weighted by Gasteiger charge is 2.39. The molecule has 0 heterocycles. The molecule has 0 bridgehead atoms. The molecule has 2 rings (SSSR count). The number of esters is 4. The van der Waals surface area contributed by atoms with E-state index in [4.69, 9.17) is 18.9 Å². The fourth-order valence-corrected chi connectivity index (χ4v) is 3.59. The summed E-state index contributed by atoms with van der Waals surface area (Å²) >= 11 is 0. The predicted molar refractivity (Wildman–Crippen MR) is 112 cm³/mol. The Bertz CT molecular complexity index is 1000. The van der Waals surface area contributed by atoms with E-state index in [1.807, 2.05) is 6.92 Å². The first-order valence-electron chi connectivity index (χ1n) is 10.2. The van der Waals surface area contributed by atoms with E-state index < -0.39 is 41.7 Å². The van der Waals surface area contributed by atoms with E-state index >= 15 is 0 Å². The summed E-state index contributed by atoms with van der Waals surface area (Å²) in [5, 5.41) is 0. The van der Waals surface area contributed by atoms with Crippen molar-refractivity contribution in [1.29, 1.82) is 0 Å². The van der Waals surface area contributed by atoms with Gasteiger partial charge in [-0.3, -0.25) is 24.0 Å². The number of carbonyl (C=O) groups is 5. The number of rotatable bonds is 6. The first kappa shape index (κ1) is 24.8. The number of hydrogen-bond acceptors (Lipinski definition) is 9. The van der Waals surface area contributed by atoms with Gasteiger partial charge in [0.15, 0.2) is 17.6 Å². The van der Waals surface area contributed by atoms with Crippen LogP contribution in [0.1, 0.15) is 69.4 Å². The van der Waals surface area contributed by atoms with Gasteiger partial charge in [-0.2, -0.15) is 0 Å². The molecular weight excluding hydrogens is 420 g/mol. The molecule has 1 aliphatic rings. The van der Waals surface area contributed by atoms with Crippen LogP contribution in [0.15, 0.2) is 6.08 Å². The Kier molecular flexibility index (Phi) is 7.91. The van der Waals surface area contributed by atoms with Crippen molar-refractivity contribution in [2.45, 2.75) is 60.5 Å². The van der Waals surface area contributed by atoms with Crippen molar-refractivity contribution in [3.63, 3.8) is 0 Å². The maximum atomic E-state index is 13.6. The van der Waals surface area contributed by atoms with Crippen LogP contribution >= 0.6 is 0 Å². The molecule has 0 N–H and O–H groups in total. The average Bonchev–Trinajstić information content (AvgIpc) is 2.80. The average molecular weight is 446 g/mol. The first-order valence-corrected chi connectivity index (χ1v) is 10.2. The number of ether oxygens (including phenoxy) is 4. The van der Waals surface area contributed by atoms with Crippen LogP contribution in [0.4, 0.5) is 0 Å². The van der Waals surface area contributed by atoms with E-state index in [1.165, 1.54) is 13.8 Å². The third kappa shape index (κ3) is 5.22. The van der Waals surface area contributed by atoms with Crippen LogP contribution in [-0.2, 0) is 30.3 Å². The number of hydrogen-bond donors (Lipinski definition) is 0. The number of benzene rings is 1. The minimum atomic E-state index is -1.18. The molecule has 9 nitrogen and oxygen atoms in total. The fraction of sp³-hybridized carbons (Fsp3) is 0.435. The van der Waals surface area contributed by atoms with Gasteiger partial charge in [0, 0.05) is 39.2 Å². The van der Waals surface area contributed by atoms with Gasteiger partial charge in [0.05, 0.1) is 5.56 Å². The van der Waals surface area contributed by atoms with Crippen LogP contribution < -0.4 is 14.2 Å². The van der Waals surface area contributed by atoms with Gasteiger partial charge in [-0.05, 0) is 18.4 Å². The van der Waals surface area contributed by atoms with Crippen molar-refractivity contribution in [2.75, 3.05) is 0 Å². The molecule has 0 radical (unpaired) electrons.